The zero-order chi connectivity index (χ0) is 9.97. The molecule has 0 bridgehead atoms. The number of alkyl carbamates (subject to hydrolysis) is 1. The lowest BCUT2D eigenvalue weighted by Crippen LogP contribution is -2.12. The molecule has 1 saturated heterocycles. The summed E-state index contributed by atoms with van der Waals surface area (Å²) in [5, 5.41) is 2.60. The fourth-order valence-corrected chi connectivity index (χ4v) is 1.42. The van der Waals surface area contributed by atoms with Crippen LogP contribution in [0.2, 0.25) is 0 Å². The Morgan fingerprint density at radius 1 is 1.57 bits per heavy atom. The summed E-state index contributed by atoms with van der Waals surface area (Å²) in [6.07, 6.45) is -0.560. The van der Waals surface area contributed by atoms with Gasteiger partial charge in [0.15, 0.2) is 0 Å². The van der Waals surface area contributed by atoms with Crippen LogP contribution in [0.25, 0.3) is 0 Å². The summed E-state index contributed by atoms with van der Waals surface area (Å²) in [6.45, 7) is 0.520. The third kappa shape index (κ3) is 1.64. The number of carbonyl (C=O) groups is 1. The summed E-state index contributed by atoms with van der Waals surface area (Å²) in [5.74, 6) is 0.769. The van der Waals surface area contributed by atoms with Crippen molar-refractivity contribution in [2.75, 3.05) is 13.7 Å². The number of rotatable bonds is 2. The van der Waals surface area contributed by atoms with E-state index in [1.165, 1.54) is 0 Å². The lowest BCUT2D eigenvalue weighted by atomic mass is 10.1. The maximum Gasteiger partial charge on any atom is 0.407 e. The van der Waals surface area contributed by atoms with Gasteiger partial charge in [-0.25, -0.2) is 4.79 Å². The molecule has 1 N–H and O–H groups in total. The highest BCUT2D eigenvalue weighted by Gasteiger charge is 2.24. The van der Waals surface area contributed by atoms with Gasteiger partial charge in [0, 0.05) is 0 Å². The molecule has 1 heterocycles. The third-order valence-corrected chi connectivity index (χ3v) is 2.15. The van der Waals surface area contributed by atoms with Crippen molar-refractivity contribution >= 4 is 6.09 Å². The first-order valence-electron chi connectivity index (χ1n) is 4.38. The van der Waals surface area contributed by atoms with E-state index in [-0.39, 0.29) is 12.2 Å². The number of amides is 1. The molecule has 4 nitrogen and oxygen atoms in total. The van der Waals surface area contributed by atoms with Gasteiger partial charge in [0.05, 0.1) is 13.7 Å². The normalized spacial score (nSPS) is 20.1. The summed E-state index contributed by atoms with van der Waals surface area (Å²) >= 11 is 0. The van der Waals surface area contributed by atoms with Crippen LogP contribution in [0, 0.1) is 0 Å². The van der Waals surface area contributed by atoms with E-state index in [4.69, 9.17) is 9.47 Å². The highest BCUT2D eigenvalue weighted by atomic mass is 16.6. The fraction of sp³-hybridized carbons (Fsp3) is 0.300. The number of methoxy groups -OCH3 is 1. The second-order valence-electron chi connectivity index (χ2n) is 3.05. The Kier molecular flexibility index (Phi) is 2.26. The second-order valence-corrected chi connectivity index (χ2v) is 3.05. The number of cyclic esters (lactones) is 1. The van der Waals surface area contributed by atoms with Gasteiger partial charge in [0.2, 0.25) is 0 Å². The van der Waals surface area contributed by atoms with Gasteiger partial charge < -0.3 is 14.8 Å². The van der Waals surface area contributed by atoms with Crippen LogP contribution < -0.4 is 10.1 Å². The topological polar surface area (TPSA) is 47.6 Å². The van der Waals surface area contributed by atoms with Crippen molar-refractivity contribution < 1.29 is 14.3 Å². The van der Waals surface area contributed by atoms with Gasteiger partial charge in [-0.15, -0.1) is 0 Å². The first-order chi connectivity index (χ1) is 6.79. The summed E-state index contributed by atoms with van der Waals surface area (Å²) in [4.78, 5) is 10.8. The Balaban J connectivity index is 2.19. The molecule has 14 heavy (non-hydrogen) atoms. The first kappa shape index (κ1) is 8.87. The molecule has 0 unspecified atom stereocenters. The van der Waals surface area contributed by atoms with Gasteiger partial charge in [-0.2, -0.15) is 0 Å². The van der Waals surface area contributed by atoms with Crippen LogP contribution in [0.5, 0.6) is 5.75 Å². The maximum atomic E-state index is 10.8. The molecular weight excluding hydrogens is 182 g/mol. The van der Waals surface area contributed by atoms with Crippen LogP contribution in [0.4, 0.5) is 4.79 Å². The van der Waals surface area contributed by atoms with E-state index in [0.29, 0.717) is 6.54 Å². The summed E-state index contributed by atoms with van der Waals surface area (Å²) in [5.41, 5.74) is 0.947. The minimum Gasteiger partial charge on any atom is -0.497 e. The zero-order valence-corrected chi connectivity index (χ0v) is 7.82. The minimum atomic E-state index is -0.363. The van der Waals surface area contributed by atoms with Crippen LogP contribution in [0.1, 0.15) is 11.7 Å². The van der Waals surface area contributed by atoms with Crippen LogP contribution in [0.3, 0.4) is 0 Å². The van der Waals surface area contributed by atoms with Gasteiger partial charge in [-0.1, -0.05) is 12.1 Å². The molecule has 1 aromatic rings. The Labute approximate surface area is 81.8 Å². The van der Waals surface area contributed by atoms with E-state index in [0.717, 1.165) is 11.3 Å². The number of hydrogen-bond acceptors (Lipinski definition) is 3. The largest absolute Gasteiger partial charge is 0.497 e. The Morgan fingerprint density at radius 2 is 2.43 bits per heavy atom. The number of carbonyl (C=O) groups excluding carboxylic acids is 1. The van der Waals surface area contributed by atoms with Crippen molar-refractivity contribution in [3.8, 4) is 5.75 Å². The Bertz CT molecular complexity index is 351. The van der Waals surface area contributed by atoms with E-state index < -0.39 is 0 Å². The summed E-state index contributed by atoms with van der Waals surface area (Å²) in [6, 6.07) is 7.51. The van der Waals surface area contributed by atoms with Crippen molar-refractivity contribution in [3.05, 3.63) is 29.8 Å². The van der Waals surface area contributed by atoms with Gasteiger partial charge in [-0.05, 0) is 17.7 Å². The minimum absolute atomic E-state index is 0.197. The van der Waals surface area contributed by atoms with Crippen LogP contribution in [-0.4, -0.2) is 19.7 Å². The van der Waals surface area contributed by atoms with Crippen LogP contribution in [-0.2, 0) is 4.74 Å². The fourth-order valence-electron chi connectivity index (χ4n) is 1.42. The third-order valence-electron chi connectivity index (χ3n) is 2.15. The van der Waals surface area contributed by atoms with Gasteiger partial charge in [0.1, 0.15) is 11.9 Å². The van der Waals surface area contributed by atoms with E-state index >= 15 is 0 Å². The van der Waals surface area contributed by atoms with E-state index in [1.54, 1.807) is 7.11 Å². The van der Waals surface area contributed by atoms with Crippen molar-refractivity contribution in [3.63, 3.8) is 0 Å². The zero-order valence-electron chi connectivity index (χ0n) is 7.82. The molecule has 1 amide bonds. The number of nitrogens with one attached hydrogen (secondary N) is 1. The van der Waals surface area contributed by atoms with E-state index in [2.05, 4.69) is 5.32 Å². The molecular formula is C10H11NO3. The summed E-state index contributed by atoms with van der Waals surface area (Å²) in [7, 11) is 1.61. The highest BCUT2D eigenvalue weighted by molar-refractivity contribution is 5.69. The molecule has 1 aromatic carbocycles. The molecule has 1 aliphatic heterocycles. The Morgan fingerprint density at radius 3 is 3.07 bits per heavy atom. The number of ether oxygens (including phenoxy) is 2. The van der Waals surface area contributed by atoms with Crippen molar-refractivity contribution in [2.45, 2.75) is 6.10 Å². The maximum absolute atomic E-state index is 10.8. The smallest absolute Gasteiger partial charge is 0.407 e. The first-order valence-corrected chi connectivity index (χ1v) is 4.38. The predicted octanol–water partition coefficient (Wildman–Crippen LogP) is 1.48. The molecule has 74 valence electrons. The lowest BCUT2D eigenvalue weighted by Gasteiger charge is -2.08. The van der Waals surface area contributed by atoms with Crippen LogP contribution >= 0.6 is 0 Å². The monoisotopic (exact) mass is 193 g/mol. The van der Waals surface area contributed by atoms with Crippen molar-refractivity contribution in [1.82, 2.24) is 5.32 Å². The standard InChI is InChI=1S/C10H11NO3/c1-13-8-4-2-3-7(5-8)9-6-11-10(12)14-9/h2-5,9H,6H2,1H3,(H,11,12)/t9-/m1/s1. The average molecular weight is 193 g/mol. The number of benzene rings is 1. The number of hydrogen-bond donors (Lipinski definition) is 1. The van der Waals surface area contributed by atoms with Crippen LogP contribution in [0.15, 0.2) is 24.3 Å². The SMILES string of the molecule is COc1cccc([C@H]2CNC(=O)O2)c1. The van der Waals surface area contributed by atoms with E-state index in [9.17, 15) is 4.79 Å². The summed E-state index contributed by atoms with van der Waals surface area (Å²) < 4.78 is 10.1. The molecule has 1 aliphatic rings. The van der Waals surface area contributed by atoms with Gasteiger partial charge >= 0.3 is 6.09 Å². The quantitative estimate of drug-likeness (QED) is 0.773. The highest BCUT2D eigenvalue weighted by Crippen LogP contribution is 2.23. The molecule has 0 saturated carbocycles. The molecule has 0 spiro atoms. The van der Waals surface area contributed by atoms with Crippen molar-refractivity contribution in [1.29, 1.82) is 0 Å². The Hall–Kier alpha value is -1.71. The predicted molar refractivity (Wildman–Crippen MR) is 50.2 cm³/mol. The molecule has 0 radical (unpaired) electrons. The lowest BCUT2D eigenvalue weighted by molar-refractivity contribution is 0.141. The second kappa shape index (κ2) is 3.57. The molecule has 0 aliphatic carbocycles. The van der Waals surface area contributed by atoms with Crippen molar-refractivity contribution in [2.24, 2.45) is 0 Å². The molecule has 0 aromatic heterocycles. The average Bonchev–Trinajstić information content (AvgIpc) is 2.65. The molecule has 4 heteroatoms. The van der Waals surface area contributed by atoms with Gasteiger partial charge in [-0.3, -0.25) is 0 Å². The molecule has 2 rings (SSSR count). The van der Waals surface area contributed by atoms with Gasteiger partial charge in [0.25, 0.3) is 0 Å². The molecule has 1 atom stereocenters. The molecule has 1 fully saturated rings. The van der Waals surface area contributed by atoms with E-state index in [1.807, 2.05) is 24.3 Å².